The Balaban J connectivity index is 2.18. The summed E-state index contributed by atoms with van der Waals surface area (Å²) in [6, 6.07) is 4.01. The van der Waals surface area contributed by atoms with Gasteiger partial charge in [-0.1, -0.05) is 46.5 Å². The van der Waals surface area contributed by atoms with E-state index in [2.05, 4.69) is 26.8 Å². The second-order valence-corrected chi connectivity index (χ2v) is 6.78. The molecule has 0 saturated carbocycles. The summed E-state index contributed by atoms with van der Waals surface area (Å²) in [6.45, 7) is 8.75. The molecule has 1 heterocycles. The van der Waals surface area contributed by atoms with E-state index in [1.54, 1.807) is 0 Å². The maximum absolute atomic E-state index is 10.3. The first-order valence-electron chi connectivity index (χ1n) is 8.16. The molecule has 0 radical (unpaired) electrons. The molecule has 116 valence electrons. The van der Waals surface area contributed by atoms with Crippen molar-refractivity contribution in [3.63, 3.8) is 0 Å². The number of aromatic hydroxyl groups is 1. The molecule has 0 unspecified atom stereocenters. The Morgan fingerprint density at radius 3 is 2.67 bits per heavy atom. The third kappa shape index (κ3) is 3.81. The highest BCUT2D eigenvalue weighted by Crippen LogP contribution is 2.40. The van der Waals surface area contributed by atoms with Gasteiger partial charge >= 0.3 is 0 Å². The van der Waals surface area contributed by atoms with Crippen LogP contribution in [0.5, 0.6) is 11.5 Å². The fourth-order valence-corrected chi connectivity index (χ4v) is 2.88. The Kier molecular flexibility index (Phi) is 4.97. The molecule has 1 N–H and O–H groups in total. The lowest BCUT2D eigenvalue weighted by Crippen LogP contribution is -2.19. The molecule has 2 heteroatoms. The van der Waals surface area contributed by atoms with Crippen LogP contribution >= 0.6 is 0 Å². The number of unbranched alkanes of at least 4 members (excludes halogenated alkanes) is 3. The molecular formula is C19H28O2. The number of rotatable bonds is 6. The van der Waals surface area contributed by atoms with Gasteiger partial charge in [-0.3, -0.25) is 0 Å². The highest BCUT2D eigenvalue weighted by molar-refractivity contribution is 5.67. The van der Waals surface area contributed by atoms with Crippen molar-refractivity contribution in [2.75, 3.05) is 0 Å². The van der Waals surface area contributed by atoms with E-state index in [4.69, 9.17) is 4.74 Å². The molecule has 21 heavy (non-hydrogen) atoms. The molecule has 0 fully saturated rings. The fraction of sp³-hybridized carbons (Fsp3) is 0.579. The topological polar surface area (TPSA) is 29.5 Å². The number of hydrogen-bond acceptors (Lipinski definition) is 2. The first-order chi connectivity index (χ1) is 9.94. The number of benzene rings is 1. The molecule has 1 aliphatic rings. The minimum atomic E-state index is 0.0635. The monoisotopic (exact) mass is 288 g/mol. The van der Waals surface area contributed by atoms with Crippen molar-refractivity contribution in [3.05, 3.63) is 29.3 Å². The van der Waals surface area contributed by atoms with Gasteiger partial charge in [-0.15, -0.1) is 0 Å². The number of phenols is 1. The highest BCUT2D eigenvalue weighted by atomic mass is 16.5. The van der Waals surface area contributed by atoms with Gasteiger partial charge in [-0.05, 0) is 48.6 Å². The van der Waals surface area contributed by atoms with E-state index in [0.29, 0.717) is 5.75 Å². The highest BCUT2D eigenvalue weighted by Gasteiger charge is 2.24. The average molecular weight is 288 g/mol. The van der Waals surface area contributed by atoms with E-state index in [-0.39, 0.29) is 11.5 Å². The molecule has 0 amide bonds. The second kappa shape index (κ2) is 6.55. The van der Waals surface area contributed by atoms with Gasteiger partial charge in [0.2, 0.25) is 0 Å². The lowest BCUT2D eigenvalue weighted by atomic mass is 9.79. The van der Waals surface area contributed by atoms with Crippen LogP contribution in [-0.4, -0.2) is 11.2 Å². The summed E-state index contributed by atoms with van der Waals surface area (Å²) in [4.78, 5) is 0. The average Bonchev–Trinajstić information content (AvgIpc) is 2.43. The van der Waals surface area contributed by atoms with Crippen molar-refractivity contribution < 1.29 is 9.84 Å². The lowest BCUT2D eigenvalue weighted by Gasteiger charge is -2.28. The van der Waals surface area contributed by atoms with E-state index >= 15 is 0 Å². The third-order valence-corrected chi connectivity index (χ3v) is 4.40. The van der Waals surface area contributed by atoms with Crippen molar-refractivity contribution in [1.29, 1.82) is 0 Å². The van der Waals surface area contributed by atoms with Crippen molar-refractivity contribution >= 4 is 6.08 Å². The van der Waals surface area contributed by atoms with Crippen LogP contribution in [0.2, 0.25) is 0 Å². The molecule has 0 saturated heterocycles. The molecule has 0 aromatic heterocycles. The van der Waals surface area contributed by atoms with Crippen LogP contribution in [-0.2, 0) is 5.41 Å². The van der Waals surface area contributed by atoms with Gasteiger partial charge in [0, 0.05) is 0 Å². The zero-order valence-corrected chi connectivity index (χ0v) is 13.8. The quantitative estimate of drug-likeness (QED) is 0.707. The minimum Gasteiger partial charge on any atom is -0.507 e. The maximum Gasteiger partial charge on any atom is 0.131 e. The molecule has 2 nitrogen and oxygen atoms in total. The molecule has 0 bridgehead atoms. The molecule has 1 atom stereocenters. The number of ether oxygens (including phenoxy) is 1. The molecular weight excluding hydrogens is 260 g/mol. The smallest absolute Gasteiger partial charge is 0.131 e. The summed E-state index contributed by atoms with van der Waals surface area (Å²) < 4.78 is 5.84. The van der Waals surface area contributed by atoms with E-state index in [0.717, 1.165) is 23.3 Å². The van der Waals surface area contributed by atoms with E-state index < -0.39 is 0 Å². The first-order valence-corrected chi connectivity index (χ1v) is 8.16. The van der Waals surface area contributed by atoms with Crippen LogP contribution < -0.4 is 4.74 Å². The molecule has 1 aliphatic heterocycles. The summed E-state index contributed by atoms with van der Waals surface area (Å²) in [5, 5.41) is 10.3. The molecule has 2 rings (SSSR count). The van der Waals surface area contributed by atoms with E-state index in [1.807, 2.05) is 25.1 Å². The van der Waals surface area contributed by atoms with Crippen LogP contribution in [0.3, 0.4) is 0 Å². The zero-order valence-electron chi connectivity index (χ0n) is 13.8. The first kappa shape index (κ1) is 15.9. The Morgan fingerprint density at radius 2 is 1.95 bits per heavy atom. The Hall–Kier alpha value is -1.44. The molecule has 1 aromatic rings. The molecule has 0 spiro atoms. The van der Waals surface area contributed by atoms with Crippen molar-refractivity contribution in [2.24, 2.45) is 0 Å². The maximum atomic E-state index is 10.3. The van der Waals surface area contributed by atoms with Gasteiger partial charge < -0.3 is 9.84 Å². The Bertz CT molecular complexity index is 515. The summed E-state index contributed by atoms with van der Waals surface area (Å²) in [5.41, 5.74) is 2.03. The summed E-state index contributed by atoms with van der Waals surface area (Å²) in [7, 11) is 0. The third-order valence-electron chi connectivity index (χ3n) is 4.40. The SMILES string of the molecule is CCCCCCC(C)(C)c1cc(O)c2c(c1)O[C@@H](C)C=C2. The van der Waals surface area contributed by atoms with E-state index in [9.17, 15) is 5.11 Å². The zero-order chi connectivity index (χ0) is 15.5. The number of hydrogen-bond donors (Lipinski definition) is 1. The lowest BCUT2D eigenvalue weighted by molar-refractivity contribution is 0.263. The van der Waals surface area contributed by atoms with Gasteiger partial charge in [0.05, 0.1) is 5.56 Å². The second-order valence-electron chi connectivity index (χ2n) is 6.78. The minimum absolute atomic E-state index is 0.0635. The normalized spacial score (nSPS) is 17.4. The van der Waals surface area contributed by atoms with Gasteiger partial charge in [-0.2, -0.15) is 0 Å². The predicted octanol–water partition coefficient (Wildman–Crippen LogP) is 5.43. The van der Waals surface area contributed by atoms with Crippen LogP contribution in [0.15, 0.2) is 18.2 Å². The van der Waals surface area contributed by atoms with Gasteiger partial charge in [0.1, 0.15) is 17.6 Å². The van der Waals surface area contributed by atoms with Gasteiger partial charge in [0.15, 0.2) is 0 Å². The predicted molar refractivity (Wildman–Crippen MR) is 89.0 cm³/mol. The van der Waals surface area contributed by atoms with Crippen LogP contribution in [0.1, 0.15) is 70.9 Å². The van der Waals surface area contributed by atoms with Crippen molar-refractivity contribution in [2.45, 2.75) is 71.3 Å². The summed E-state index contributed by atoms with van der Waals surface area (Å²) in [6.07, 6.45) is 10.2. The Morgan fingerprint density at radius 1 is 1.19 bits per heavy atom. The Labute approximate surface area is 128 Å². The summed E-state index contributed by atoms with van der Waals surface area (Å²) in [5.74, 6) is 1.13. The van der Waals surface area contributed by atoms with Crippen LogP contribution in [0.4, 0.5) is 0 Å². The van der Waals surface area contributed by atoms with Gasteiger partial charge in [-0.25, -0.2) is 0 Å². The van der Waals surface area contributed by atoms with Crippen molar-refractivity contribution in [1.82, 2.24) is 0 Å². The van der Waals surface area contributed by atoms with Crippen LogP contribution in [0, 0.1) is 0 Å². The summed E-state index contributed by atoms with van der Waals surface area (Å²) >= 11 is 0. The van der Waals surface area contributed by atoms with E-state index in [1.165, 1.54) is 25.7 Å². The largest absolute Gasteiger partial charge is 0.507 e. The fourth-order valence-electron chi connectivity index (χ4n) is 2.88. The number of phenolic OH excluding ortho intramolecular Hbond substituents is 1. The molecule has 0 aliphatic carbocycles. The number of fused-ring (bicyclic) bond motifs is 1. The standard InChI is InChI=1S/C19H28O2/c1-5-6-7-8-11-19(3,4)15-12-17(20)16-10-9-14(2)21-18(16)13-15/h9-10,12-14,20H,5-8,11H2,1-4H3/t14-/m0/s1. The van der Waals surface area contributed by atoms with Gasteiger partial charge in [0.25, 0.3) is 0 Å². The molecule has 1 aromatic carbocycles. The van der Waals surface area contributed by atoms with Crippen molar-refractivity contribution in [3.8, 4) is 11.5 Å². The van der Waals surface area contributed by atoms with Crippen LogP contribution in [0.25, 0.3) is 6.08 Å².